The maximum atomic E-state index is 12.4. The summed E-state index contributed by atoms with van der Waals surface area (Å²) < 4.78 is 5.14. The van der Waals surface area contributed by atoms with Gasteiger partial charge >= 0.3 is 0 Å². The molecule has 30 heavy (non-hydrogen) atoms. The van der Waals surface area contributed by atoms with Crippen LogP contribution >= 0.6 is 0 Å². The van der Waals surface area contributed by atoms with Gasteiger partial charge in [-0.15, -0.1) is 0 Å². The lowest BCUT2D eigenvalue weighted by Crippen LogP contribution is -2.32. The van der Waals surface area contributed by atoms with Crippen LogP contribution in [0.3, 0.4) is 0 Å². The zero-order valence-electron chi connectivity index (χ0n) is 17.3. The summed E-state index contributed by atoms with van der Waals surface area (Å²) in [6.07, 6.45) is 0. The number of nitriles is 1. The Labute approximate surface area is 177 Å². The van der Waals surface area contributed by atoms with E-state index in [0.717, 1.165) is 34.7 Å². The monoisotopic (exact) mass is 399 g/mol. The van der Waals surface area contributed by atoms with Gasteiger partial charge in [0.1, 0.15) is 5.75 Å². The van der Waals surface area contributed by atoms with E-state index in [1.54, 1.807) is 7.11 Å². The van der Waals surface area contributed by atoms with Gasteiger partial charge < -0.3 is 10.1 Å². The molecule has 0 radical (unpaired) electrons. The zero-order valence-corrected chi connectivity index (χ0v) is 17.3. The van der Waals surface area contributed by atoms with Gasteiger partial charge in [0.15, 0.2) is 0 Å². The van der Waals surface area contributed by atoms with Crippen LogP contribution in [0.15, 0.2) is 72.8 Å². The molecule has 152 valence electrons. The predicted octanol–water partition coefficient (Wildman–Crippen LogP) is 4.69. The number of methoxy groups -OCH3 is 1. The van der Waals surface area contributed by atoms with Crippen molar-refractivity contribution in [3.05, 3.63) is 83.9 Å². The first-order valence-electron chi connectivity index (χ1n) is 9.87. The minimum Gasteiger partial charge on any atom is -0.497 e. The molecule has 0 aliphatic rings. The molecule has 3 aromatic carbocycles. The number of anilines is 1. The van der Waals surface area contributed by atoms with Crippen molar-refractivity contribution in [1.82, 2.24) is 4.90 Å². The van der Waals surface area contributed by atoms with Gasteiger partial charge in [-0.2, -0.15) is 5.26 Å². The summed E-state index contributed by atoms with van der Waals surface area (Å²) in [6, 6.07) is 25.3. The van der Waals surface area contributed by atoms with E-state index in [1.165, 1.54) is 0 Å². The predicted molar refractivity (Wildman–Crippen MR) is 119 cm³/mol. The molecule has 1 N–H and O–H groups in total. The number of hydrogen-bond donors (Lipinski definition) is 1. The smallest absolute Gasteiger partial charge is 0.238 e. The summed E-state index contributed by atoms with van der Waals surface area (Å²) >= 11 is 0. The van der Waals surface area contributed by atoms with E-state index in [2.05, 4.69) is 16.3 Å². The second-order valence-electron chi connectivity index (χ2n) is 6.93. The second-order valence-corrected chi connectivity index (χ2v) is 6.93. The molecule has 0 spiro atoms. The van der Waals surface area contributed by atoms with Crippen molar-refractivity contribution < 1.29 is 9.53 Å². The number of carbonyl (C=O) groups is 1. The number of ether oxygens (including phenoxy) is 1. The molecule has 0 unspecified atom stereocenters. The van der Waals surface area contributed by atoms with E-state index in [9.17, 15) is 10.1 Å². The Morgan fingerprint density at radius 2 is 1.73 bits per heavy atom. The minimum absolute atomic E-state index is 0.0541. The highest BCUT2D eigenvalue weighted by Gasteiger charge is 2.11. The van der Waals surface area contributed by atoms with Crippen molar-refractivity contribution in [2.24, 2.45) is 0 Å². The lowest BCUT2D eigenvalue weighted by Gasteiger charge is -2.20. The Morgan fingerprint density at radius 3 is 2.37 bits per heavy atom. The van der Waals surface area contributed by atoms with Gasteiger partial charge in [-0.3, -0.25) is 9.69 Å². The molecule has 5 nitrogen and oxygen atoms in total. The highest BCUT2D eigenvalue weighted by atomic mass is 16.5. The van der Waals surface area contributed by atoms with Crippen LogP contribution in [0, 0.1) is 11.3 Å². The topological polar surface area (TPSA) is 65.4 Å². The van der Waals surface area contributed by atoms with E-state index in [4.69, 9.17) is 4.74 Å². The molecule has 0 saturated carbocycles. The molecule has 5 heteroatoms. The summed E-state index contributed by atoms with van der Waals surface area (Å²) in [5.41, 5.74) is 4.47. The van der Waals surface area contributed by atoms with Gasteiger partial charge in [0.25, 0.3) is 0 Å². The average Bonchev–Trinajstić information content (AvgIpc) is 2.79. The molecule has 3 rings (SSSR count). The van der Waals surface area contributed by atoms with Crippen molar-refractivity contribution in [2.75, 3.05) is 25.5 Å². The molecule has 0 aliphatic carbocycles. The van der Waals surface area contributed by atoms with Crippen molar-refractivity contribution in [2.45, 2.75) is 13.5 Å². The molecular weight excluding hydrogens is 374 g/mol. The first-order chi connectivity index (χ1) is 14.6. The summed E-state index contributed by atoms with van der Waals surface area (Å²) in [5, 5.41) is 12.2. The van der Waals surface area contributed by atoms with Gasteiger partial charge in [-0.05, 0) is 53.6 Å². The fourth-order valence-electron chi connectivity index (χ4n) is 3.24. The van der Waals surface area contributed by atoms with E-state index >= 15 is 0 Å². The zero-order chi connectivity index (χ0) is 21.3. The summed E-state index contributed by atoms with van der Waals surface area (Å²) in [6.45, 7) is 3.78. The summed E-state index contributed by atoms with van der Waals surface area (Å²) in [4.78, 5) is 14.5. The molecule has 0 saturated heterocycles. The number of rotatable bonds is 8. The number of amides is 1. The second kappa shape index (κ2) is 10.2. The van der Waals surface area contributed by atoms with Gasteiger partial charge in [-0.25, -0.2) is 0 Å². The molecule has 0 aliphatic heterocycles. The third kappa shape index (κ3) is 5.47. The normalized spacial score (nSPS) is 10.5. The number of nitrogens with zero attached hydrogens (tertiary/aromatic N) is 2. The molecule has 3 aromatic rings. The molecule has 0 heterocycles. The maximum absolute atomic E-state index is 12.4. The molecule has 1 amide bonds. The lowest BCUT2D eigenvalue weighted by molar-refractivity contribution is -0.117. The first kappa shape index (κ1) is 21.1. The van der Waals surface area contributed by atoms with Crippen molar-refractivity contribution in [3.8, 4) is 22.9 Å². The standard InChI is InChI=1S/C25H25N3O2/c1-3-28(18-25(29)27-22-12-14-23(30-2)15-13-22)17-19-8-10-20(11-9-19)24-7-5-4-6-21(24)16-26/h4-15H,3,17-18H2,1-2H3,(H,27,29). The highest BCUT2D eigenvalue weighted by Crippen LogP contribution is 2.24. The fraction of sp³-hybridized carbons (Fsp3) is 0.200. The number of nitrogens with one attached hydrogen (secondary N) is 1. The van der Waals surface area contributed by atoms with Crippen LogP contribution in [0.25, 0.3) is 11.1 Å². The van der Waals surface area contributed by atoms with Crippen LogP contribution in [-0.2, 0) is 11.3 Å². The van der Waals surface area contributed by atoms with Crippen LogP contribution in [0.5, 0.6) is 5.75 Å². The SMILES string of the molecule is CCN(CC(=O)Nc1ccc(OC)cc1)Cc1ccc(-c2ccccc2C#N)cc1. The molecule has 0 bridgehead atoms. The summed E-state index contributed by atoms with van der Waals surface area (Å²) in [7, 11) is 1.61. The third-order valence-corrected chi connectivity index (χ3v) is 4.91. The van der Waals surface area contributed by atoms with Crippen LogP contribution in [0.1, 0.15) is 18.1 Å². The Kier molecular flexibility index (Phi) is 7.20. The third-order valence-electron chi connectivity index (χ3n) is 4.91. The molecule has 0 fully saturated rings. The first-order valence-corrected chi connectivity index (χ1v) is 9.87. The average molecular weight is 399 g/mol. The van der Waals surface area contributed by atoms with E-state index in [-0.39, 0.29) is 5.91 Å². The van der Waals surface area contributed by atoms with Gasteiger partial charge in [0.05, 0.1) is 25.3 Å². The van der Waals surface area contributed by atoms with Crippen LogP contribution in [0.4, 0.5) is 5.69 Å². The van der Waals surface area contributed by atoms with E-state index in [0.29, 0.717) is 18.7 Å². The largest absolute Gasteiger partial charge is 0.497 e. The molecule has 0 aromatic heterocycles. The quantitative estimate of drug-likeness (QED) is 0.597. The van der Waals surface area contributed by atoms with Crippen molar-refractivity contribution >= 4 is 11.6 Å². The Morgan fingerprint density at radius 1 is 1.03 bits per heavy atom. The van der Waals surface area contributed by atoms with E-state index < -0.39 is 0 Å². The highest BCUT2D eigenvalue weighted by molar-refractivity contribution is 5.92. The Balaban J connectivity index is 1.61. The lowest BCUT2D eigenvalue weighted by atomic mass is 9.99. The van der Waals surface area contributed by atoms with Crippen LogP contribution in [0.2, 0.25) is 0 Å². The van der Waals surface area contributed by atoms with Gasteiger partial charge in [0.2, 0.25) is 5.91 Å². The van der Waals surface area contributed by atoms with Crippen molar-refractivity contribution in [1.29, 1.82) is 5.26 Å². The Hall–Kier alpha value is -3.62. The molecule has 0 atom stereocenters. The number of likely N-dealkylation sites (N-methyl/N-ethyl adjacent to an activating group) is 1. The van der Waals surface area contributed by atoms with E-state index in [1.807, 2.05) is 79.7 Å². The van der Waals surface area contributed by atoms with Crippen LogP contribution in [-0.4, -0.2) is 31.0 Å². The van der Waals surface area contributed by atoms with Gasteiger partial charge in [0, 0.05) is 12.2 Å². The van der Waals surface area contributed by atoms with Crippen LogP contribution < -0.4 is 10.1 Å². The number of hydrogen-bond acceptors (Lipinski definition) is 4. The Bertz CT molecular complexity index is 1020. The number of carbonyl (C=O) groups excluding carboxylic acids is 1. The summed E-state index contributed by atoms with van der Waals surface area (Å²) in [5.74, 6) is 0.700. The maximum Gasteiger partial charge on any atom is 0.238 e. The number of benzene rings is 3. The molecular formula is C25H25N3O2. The fourth-order valence-corrected chi connectivity index (χ4v) is 3.24. The minimum atomic E-state index is -0.0541. The van der Waals surface area contributed by atoms with Crippen molar-refractivity contribution in [3.63, 3.8) is 0 Å². The van der Waals surface area contributed by atoms with Gasteiger partial charge in [-0.1, -0.05) is 49.4 Å².